The SMILES string of the molecule is N#CCCN(Cc1cccnc1)C(=O)C=Cc1cccc(Cl)c1. The van der Waals surface area contributed by atoms with Crippen molar-refractivity contribution in [2.24, 2.45) is 0 Å². The maximum atomic E-state index is 12.4. The maximum absolute atomic E-state index is 12.4. The number of amides is 1. The van der Waals surface area contributed by atoms with Gasteiger partial charge in [0, 0.05) is 36.6 Å². The molecule has 1 heterocycles. The van der Waals surface area contributed by atoms with Gasteiger partial charge in [-0.05, 0) is 35.4 Å². The molecule has 0 aliphatic rings. The molecule has 23 heavy (non-hydrogen) atoms. The Kier molecular flexibility index (Phi) is 6.34. The van der Waals surface area contributed by atoms with Gasteiger partial charge in [-0.1, -0.05) is 29.8 Å². The number of hydrogen-bond acceptors (Lipinski definition) is 3. The van der Waals surface area contributed by atoms with Gasteiger partial charge in [-0.3, -0.25) is 9.78 Å². The summed E-state index contributed by atoms with van der Waals surface area (Å²) in [5, 5.41) is 9.39. The monoisotopic (exact) mass is 325 g/mol. The molecule has 0 N–H and O–H groups in total. The van der Waals surface area contributed by atoms with E-state index < -0.39 is 0 Å². The second-order valence-electron chi connectivity index (χ2n) is 4.92. The lowest BCUT2D eigenvalue weighted by Crippen LogP contribution is -2.29. The average Bonchev–Trinajstić information content (AvgIpc) is 2.57. The fourth-order valence-electron chi connectivity index (χ4n) is 2.05. The molecule has 1 amide bonds. The first-order valence-corrected chi connectivity index (χ1v) is 7.55. The third-order valence-corrected chi connectivity index (χ3v) is 3.40. The first kappa shape index (κ1) is 16.7. The summed E-state index contributed by atoms with van der Waals surface area (Å²) >= 11 is 5.93. The van der Waals surface area contributed by atoms with Crippen molar-refractivity contribution >= 4 is 23.6 Å². The highest BCUT2D eigenvalue weighted by Crippen LogP contribution is 2.12. The molecule has 2 aromatic rings. The lowest BCUT2D eigenvalue weighted by molar-refractivity contribution is -0.126. The number of aromatic nitrogens is 1. The second-order valence-corrected chi connectivity index (χ2v) is 5.35. The number of nitrogens with zero attached hydrogens (tertiary/aromatic N) is 3. The lowest BCUT2D eigenvalue weighted by atomic mass is 10.2. The molecule has 2 rings (SSSR count). The van der Waals surface area contributed by atoms with Crippen molar-refractivity contribution in [1.82, 2.24) is 9.88 Å². The Morgan fingerprint density at radius 2 is 2.22 bits per heavy atom. The lowest BCUT2D eigenvalue weighted by Gasteiger charge is -2.19. The van der Waals surface area contributed by atoms with Gasteiger partial charge in [0.25, 0.3) is 0 Å². The van der Waals surface area contributed by atoms with Crippen LogP contribution in [0.1, 0.15) is 17.5 Å². The molecule has 0 saturated carbocycles. The van der Waals surface area contributed by atoms with E-state index in [0.29, 0.717) is 18.1 Å². The molecule has 5 heteroatoms. The topological polar surface area (TPSA) is 57.0 Å². The molecule has 4 nitrogen and oxygen atoms in total. The fourth-order valence-corrected chi connectivity index (χ4v) is 2.25. The van der Waals surface area contributed by atoms with Gasteiger partial charge in [-0.15, -0.1) is 0 Å². The van der Waals surface area contributed by atoms with E-state index in [1.54, 1.807) is 35.5 Å². The van der Waals surface area contributed by atoms with E-state index in [2.05, 4.69) is 11.1 Å². The molecular weight excluding hydrogens is 310 g/mol. The van der Waals surface area contributed by atoms with E-state index in [1.165, 1.54) is 6.08 Å². The zero-order valence-electron chi connectivity index (χ0n) is 12.5. The van der Waals surface area contributed by atoms with Crippen LogP contribution < -0.4 is 0 Å². The minimum atomic E-state index is -0.149. The van der Waals surface area contributed by atoms with Crippen molar-refractivity contribution in [1.29, 1.82) is 5.26 Å². The van der Waals surface area contributed by atoms with Gasteiger partial charge >= 0.3 is 0 Å². The predicted molar refractivity (Wildman–Crippen MR) is 90.4 cm³/mol. The van der Waals surface area contributed by atoms with Crippen LogP contribution in [0.2, 0.25) is 5.02 Å². The van der Waals surface area contributed by atoms with Crippen LogP contribution in [0, 0.1) is 11.3 Å². The number of carbonyl (C=O) groups excluding carboxylic acids is 1. The zero-order valence-corrected chi connectivity index (χ0v) is 13.3. The van der Waals surface area contributed by atoms with Gasteiger partial charge in [0.1, 0.15) is 0 Å². The molecule has 0 unspecified atom stereocenters. The number of hydrogen-bond donors (Lipinski definition) is 0. The van der Waals surface area contributed by atoms with Crippen LogP contribution >= 0.6 is 11.6 Å². The fraction of sp³-hybridized carbons (Fsp3) is 0.167. The second kappa shape index (κ2) is 8.72. The van der Waals surface area contributed by atoms with Crippen molar-refractivity contribution in [3.8, 4) is 6.07 Å². The number of halogens is 1. The van der Waals surface area contributed by atoms with Crippen LogP contribution in [-0.2, 0) is 11.3 Å². The molecule has 0 fully saturated rings. The van der Waals surface area contributed by atoms with E-state index in [9.17, 15) is 4.79 Å². The number of pyridine rings is 1. The first-order valence-electron chi connectivity index (χ1n) is 7.17. The summed E-state index contributed by atoms with van der Waals surface area (Å²) in [5.74, 6) is -0.149. The minimum Gasteiger partial charge on any atom is -0.334 e. The molecule has 1 aromatic carbocycles. The highest BCUT2D eigenvalue weighted by atomic mass is 35.5. The number of carbonyl (C=O) groups is 1. The average molecular weight is 326 g/mol. The standard InChI is InChI=1S/C18H16ClN3O/c19-17-6-1-4-15(12-17)7-8-18(23)22(11-3-9-20)14-16-5-2-10-21-13-16/h1-2,4-8,10,12-13H,3,11,14H2. The quantitative estimate of drug-likeness (QED) is 0.761. The van der Waals surface area contributed by atoms with Crippen molar-refractivity contribution < 1.29 is 4.79 Å². The Morgan fingerprint density at radius 1 is 1.35 bits per heavy atom. The van der Waals surface area contributed by atoms with Crippen molar-refractivity contribution in [3.05, 3.63) is 71.0 Å². The molecule has 0 aliphatic carbocycles. The Hall–Kier alpha value is -2.64. The summed E-state index contributed by atoms with van der Waals surface area (Å²) < 4.78 is 0. The molecule has 0 atom stereocenters. The van der Waals surface area contributed by atoms with E-state index in [0.717, 1.165) is 11.1 Å². The number of rotatable bonds is 6. The molecule has 1 aromatic heterocycles. The van der Waals surface area contributed by atoms with E-state index in [1.807, 2.05) is 24.3 Å². The highest BCUT2D eigenvalue weighted by Gasteiger charge is 2.11. The Balaban J connectivity index is 2.08. The van der Waals surface area contributed by atoms with Gasteiger partial charge in [0.05, 0.1) is 12.5 Å². The Labute approximate surface area is 140 Å². The van der Waals surface area contributed by atoms with Crippen LogP contribution in [0.15, 0.2) is 54.9 Å². The van der Waals surface area contributed by atoms with Crippen LogP contribution in [0.5, 0.6) is 0 Å². The summed E-state index contributed by atoms with van der Waals surface area (Å²) in [6.45, 7) is 0.804. The summed E-state index contributed by atoms with van der Waals surface area (Å²) in [4.78, 5) is 18.1. The van der Waals surface area contributed by atoms with Crippen LogP contribution in [0.25, 0.3) is 6.08 Å². The van der Waals surface area contributed by atoms with Gasteiger partial charge in [0.2, 0.25) is 5.91 Å². The summed E-state index contributed by atoms with van der Waals surface area (Å²) in [7, 11) is 0. The zero-order chi connectivity index (χ0) is 16.5. The number of nitriles is 1. The van der Waals surface area contributed by atoms with Crippen LogP contribution in [-0.4, -0.2) is 22.3 Å². The normalized spacial score (nSPS) is 10.4. The summed E-state index contributed by atoms with van der Waals surface area (Å²) in [6.07, 6.45) is 6.91. The van der Waals surface area contributed by atoms with Crippen molar-refractivity contribution in [3.63, 3.8) is 0 Å². The molecule has 0 saturated heterocycles. The van der Waals surface area contributed by atoms with Crippen LogP contribution in [0.3, 0.4) is 0 Å². The third-order valence-electron chi connectivity index (χ3n) is 3.17. The molecule has 0 spiro atoms. The maximum Gasteiger partial charge on any atom is 0.246 e. The van der Waals surface area contributed by atoms with E-state index in [4.69, 9.17) is 16.9 Å². The Bertz CT molecular complexity index is 723. The van der Waals surface area contributed by atoms with Gasteiger partial charge in [0.15, 0.2) is 0 Å². The van der Waals surface area contributed by atoms with Crippen molar-refractivity contribution in [2.75, 3.05) is 6.54 Å². The van der Waals surface area contributed by atoms with Crippen molar-refractivity contribution in [2.45, 2.75) is 13.0 Å². The largest absolute Gasteiger partial charge is 0.334 e. The van der Waals surface area contributed by atoms with E-state index in [-0.39, 0.29) is 12.3 Å². The van der Waals surface area contributed by atoms with Gasteiger partial charge < -0.3 is 4.90 Å². The number of benzene rings is 1. The van der Waals surface area contributed by atoms with Gasteiger partial charge in [-0.25, -0.2) is 0 Å². The molecular formula is C18H16ClN3O. The summed E-state index contributed by atoms with van der Waals surface area (Å²) in [5.41, 5.74) is 1.78. The van der Waals surface area contributed by atoms with Crippen LogP contribution in [0.4, 0.5) is 0 Å². The first-order chi connectivity index (χ1) is 11.2. The highest BCUT2D eigenvalue weighted by molar-refractivity contribution is 6.30. The van der Waals surface area contributed by atoms with E-state index >= 15 is 0 Å². The molecule has 0 aliphatic heterocycles. The molecule has 116 valence electrons. The van der Waals surface area contributed by atoms with Gasteiger partial charge in [-0.2, -0.15) is 5.26 Å². The minimum absolute atomic E-state index is 0.149. The third kappa shape index (κ3) is 5.57. The molecule has 0 bridgehead atoms. The Morgan fingerprint density at radius 3 is 2.91 bits per heavy atom. The summed E-state index contributed by atoms with van der Waals surface area (Å²) in [6, 6.07) is 13.1. The molecule has 0 radical (unpaired) electrons. The predicted octanol–water partition coefficient (Wildman–Crippen LogP) is 3.69. The smallest absolute Gasteiger partial charge is 0.246 e.